The molecule has 5 nitrogen and oxygen atoms in total. The van der Waals surface area contributed by atoms with Crippen LogP contribution in [0.1, 0.15) is 45.2 Å². The molecular weight excluding hydrogens is 436 g/mol. The van der Waals surface area contributed by atoms with Crippen molar-refractivity contribution in [3.8, 4) is 0 Å². The summed E-state index contributed by atoms with van der Waals surface area (Å²) in [6.45, 7) is 4.35. The van der Waals surface area contributed by atoms with Crippen molar-refractivity contribution in [2.45, 2.75) is 33.1 Å². The Morgan fingerprint density at radius 3 is 2.40 bits per heavy atom. The summed E-state index contributed by atoms with van der Waals surface area (Å²) < 4.78 is 1.22. The van der Waals surface area contributed by atoms with Crippen LogP contribution in [0, 0.1) is 12.8 Å². The molecule has 0 saturated carbocycles. The van der Waals surface area contributed by atoms with E-state index in [9.17, 15) is 14.4 Å². The highest BCUT2D eigenvalue weighted by molar-refractivity contribution is 6.08. The maximum absolute atomic E-state index is 13.6. The van der Waals surface area contributed by atoms with Gasteiger partial charge >= 0.3 is 0 Å². The van der Waals surface area contributed by atoms with Gasteiger partial charge < -0.3 is 4.90 Å². The third-order valence-electron chi connectivity index (χ3n) is 6.86. The van der Waals surface area contributed by atoms with E-state index < -0.39 is 11.5 Å². The van der Waals surface area contributed by atoms with E-state index in [1.807, 2.05) is 55.5 Å². The summed E-state index contributed by atoms with van der Waals surface area (Å²) in [6, 6.07) is 24.6. The Balaban J connectivity index is 1.52. The van der Waals surface area contributed by atoms with Gasteiger partial charge in [-0.1, -0.05) is 60.2 Å². The zero-order chi connectivity index (χ0) is 24.5. The van der Waals surface area contributed by atoms with Gasteiger partial charge in [0.25, 0.3) is 11.5 Å². The van der Waals surface area contributed by atoms with Crippen LogP contribution in [-0.2, 0) is 12.8 Å². The van der Waals surface area contributed by atoms with Gasteiger partial charge in [0.2, 0.25) is 5.91 Å². The number of nitrogens with zero attached hydrogens (tertiary/aromatic N) is 2. The Bertz CT molecular complexity index is 1490. The first-order chi connectivity index (χ1) is 17.0. The summed E-state index contributed by atoms with van der Waals surface area (Å²) in [5.74, 6) is -0.529. The Labute approximate surface area is 204 Å². The topological polar surface area (TPSA) is 59.4 Å². The monoisotopic (exact) mass is 464 g/mol. The molecule has 0 N–H and O–H groups in total. The lowest BCUT2D eigenvalue weighted by Gasteiger charge is -2.22. The predicted molar refractivity (Wildman–Crippen MR) is 139 cm³/mol. The number of hydrogen-bond acceptors (Lipinski definition) is 3. The molecule has 5 rings (SSSR count). The number of para-hydroxylation sites is 2. The Morgan fingerprint density at radius 1 is 0.914 bits per heavy atom. The first-order valence-electron chi connectivity index (χ1n) is 12.1. The van der Waals surface area contributed by atoms with E-state index in [4.69, 9.17) is 0 Å². The Kier molecular flexibility index (Phi) is 6.08. The van der Waals surface area contributed by atoms with Crippen LogP contribution in [0.2, 0.25) is 0 Å². The van der Waals surface area contributed by atoms with Crippen LogP contribution in [0.3, 0.4) is 0 Å². The van der Waals surface area contributed by atoms with E-state index in [2.05, 4.69) is 25.1 Å². The molecule has 0 fully saturated rings. The first kappa shape index (κ1) is 22.8. The molecular formula is C30H28N2O3. The maximum Gasteiger partial charge on any atom is 0.270 e. The van der Waals surface area contributed by atoms with Crippen LogP contribution in [0.15, 0.2) is 83.7 Å². The van der Waals surface area contributed by atoms with Crippen molar-refractivity contribution in [3.05, 3.63) is 111 Å². The number of aryl methyl sites for hydroxylation is 1. The van der Waals surface area contributed by atoms with Crippen molar-refractivity contribution in [2.75, 3.05) is 11.4 Å². The molecule has 1 atom stereocenters. The highest BCUT2D eigenvalue weighted by Crippen LogP contribution is 2.30. The van der Waals surface area contributed by atoms with E-state index in [1.165, 1.54) is 21.3 Å². The molecule has 176 valence electrons. The molecule has 4 aromatic rings. The van der Waals surface area contributed by atoms with Gasteiger partial charge in [-0.15, -0.1) is 0 Å². The molecule has 1 aliphatic rings. The number of benzene rings is 3. The summed E-state index contributed by atoms with van der Waals surface area (Å²) >= 11 is 0. The number of rotatable bonds is 5. The van der Waals surface area contributed by atoms with Crippen molar-refractivity contribution >= 4 is 28.4 Å². The lowest BCUT2D eigenvalue weighted by atomic mass is 10.0. The molecule has 0 bridgehead atoms. The molecule has 5 heteroatoms. The molecule has 0 spiro atoms. The van der Waals surface area contributed by atoms with Gasteiger partial charge in [0.15, 0.2) is 0 Å². The van der Waals surface area contributed by atoms with Gasteiger partial charge in [-0.2, -0.15) is 0 Å². The smallest absolute Gasteiger partial charge is 0.270 e. The molecule has 1 amide bonds. The minimum absolute atomic E-state index is 0.00749. The Morgan fingerprint density at radius 2 is 1.63 bits per heavy atom. The predicted octanol–water partition coefficient (Wildman–Crippen LogP) is 5.42. The minimum Gasteiger partial charge on any atom is -0.308 e. The molecule has 1 heterocycles. The fraction of sp³-hybridized carbons (Fsp3) is 0.233. The van der Waals surface area contributed by atoms with Crippen LogP contribution >= 0.6 is 0 Å². The first-order valence-corrected chi connectivity index (χ1v) is 12.1. The van der Waals surface area contributed by atoms with E-state index in [1.54, 1.807) is 17.0 Å². The van der Waals surface area contributed by atoms with E-state index in [0.717, 1.165) is 12.8 Å². The van der Waals surface area contributed by atoms with Gasteiger partial charge in [-0.3, -0.25) is 14.4 Å². The van der Waals surface area contributed by atoms with Gasteiger partial charge in [0.1, 0.15) is 5.56 Å². The lowest BCUT2D eigenvalue weighted by molar-refractivity contribution is 0.0882. The summed E-state index contributed by atoms with van der Waals surface area (Å²) in [7, 11) is 0. The van der Waals surface area contributed by atoms with Gasteiger partial charge in [0, 0.05) is 18.7 Å². The van der Waals surface area contributed by atoms with Gasteiger partial charge in [-0.25, -0.2) is 4.57 Å². The number of pyridine rings is 1. The van der Waals surface area contributed by atoms with Gasteiger partial charge in [-0.05, 0) is 73.4 Å². The zero-order valence-electron chi connectivity index (χ0n) is 20.0. The molecule has 35 heavy (non-hydrogen) atoms. The fourth-order valence-electron chi connectivity index (χ4n) is 5.18. The molecule has 1 aliphatic carbocycles. The third kappa shape index (κ3) is 4.30. The maximum atomic E-state index is 13.6. The molecule has 1 aromatic heterocycles. The number of carbonyl (C=O) groups is 2. The van der Waals surface area contributed by atoms with E-state index >= 15 is 0 Å². The normalized spacial score (nSPS) is 14.6. The fourth-order valence-corrected chi connectivity index (χ4v) is 5.18. The highest BCUT2D eigenvalue weighted by atomic mass is 16.2. The van der Waals surface area contributed by atoms with Crippen molar-refractivity contribution < 1.29 is 9.59 Å². The number of hydrogen-bond donors (Lipinski definition) is 0. The number of carbonyl (C=O) groups excluding carboxylic acids is 2. The molecule has 0 radical (unpaired) electrons. The zero-order valence-corrected chi connectivity index (χ0v) is 20.0. The number of anilines is 1. The quantitative estimate of drug-likeness (QED) is 0.396. The van der Waals surface area contributed by atoms with E-state index in [-0.39, 0.29) is 23.8 Å². The minimum atomic E-state index is -0.556. The second-order valence-electron chi connectivity index (χ2n) is 9.29. The number of amides is 1. The standard InChI is InChI=1S/C30H28N2O3/c1-3-31(25-10-5-4-6-11-25)29(34)26-19-23-9-7-8-12-27(23)32(30(26)35)28(33)18-21-16-22-14-13-20(2)15-24(22)17-21/h4-15,19,21H,3,16-18H2,1-2H3. The van der Waals surface area contributed by atoms with Gasteiger partial charge in [0.05, 0.1) is 5.52 Å². The van der Waals surface area contributed by atoms with Crippen LogP contribution in [0.5, 0.6) is 0 Å². The average molecular weight is 465 g/mol. The number of aromatic nitrogens is 1. The van der Waals surface area contributed by atoms with Crippen LogP contribution < -0.4 is 10.5 Å². The average Bonchev–Trinajstić information content (AvgIpc) is 3.25. The second kappa shape index (κ2) is 9.34. The summed E-state index contributed by atoms with van der Waals surface area (Å²) in [6.07, 6.45) is 1.90. The summed E-state index contributed by atoms with van der Waals surface area (Å²) in [4.78, 5) is 42.3. The number of fused-ring (bicyclic) bond motifs is 2. The molecule has 3 aromatic carbocycles. The second-order valence-corrected chi connectivity index (χ2v) is 9.29. The molecule has 0 saturated heterocycles. The summed E-state index contributed by atoms with van der Waals surface area (Å²) in [5, 5.41) is 0.693. The van der Waals surface area contributed by atoms with Crippen molar-refractivity contribution in [1.29, 1.82) is 0 Å². The molecule has 0 aliphatic heterocycles. The largest absolute Gasteiger partial charge is 0.308 e. The van der Waals surface area contributed by atoms with Crippen LogP contribution in [0.25, 0.3) is 10.9 Å². The van der Waals surface area contributed by atoms with E-state index in [0.29, 0.717) is 23.1 Å². The molecule has 1 unspecified atom stereocenters. The summed E-state index contributed by atoms with van der Waals surface area (Å²) in [5.41, 5.74) is 4.47. The van der Waals surface area contributed by atoms with Crippen molar-refractivity contribution in [3.63, 3.8) is 0 Å². The lowest BCUT2D eigenvalue weighted by Crippen LogP contribution is -2.38. The Hall–Kier alpha value is -3.99. The van der Waals surface area contributed by atoms with Crippen molar-refractivity contribution in [1.82, 2.24) is 4.57 Å². The SMILES string of the molecule is CCN(C(=O)c1cc2ccccc2n(C(=O)CC2Cc3ccc(C)cc3C2)c1=O)c1ccccc1. The third-order valence-corrected chi connectivity index (χ3v) is 6.86. The highest BCUT2D eigenvalue weighted by Gasteiger charge is 2.27. The van der Waals surface area contributed by atoms with Crippen LogP contribution in [-0.4, -0.2) is 22.9 Å². The van der Waals surface area contributed by atoms with Crippen molar-refractivity contribution in [2.24, 2.45) is 5.92 Å². The van der Waals surface area contributed by atoms with Crippen LogP contribution in [0.4, 0.5) is 5.69 Å².